The minimum atomic E-state index is 0.663. The standard InChI is InChI=1S/C18H24N2/c1-14-15-8-3-4-9-16(15)20-13-7-10-17(18(14)20)19-11-5-2-6-12-19/h3-4,8-9,17H,2,5-7,10-13H2,1H3. The lowest BCUT2D eigenvalue weighted by molar-refractivity contribution is 0.137. The molecule has 2 aliphatic rings. The van der Waals surface area contributed by atoms with Crippen molar-refractivity contribution in [2.75, 3.05) is 13.1 Å². The van der Waals surface area contributed by atoms with Gasteiger partial charge in [0.15, 0.2) is 0 Å². The minimum Gasteiger partial charge on any atom is -0.343 e. The van der Waals surface area contributed by atoms with E-state index in [2.05, 4.69) is 40.7 Å². The van der Waals surface area contributed by atoms with E-state index in [1.807, 2.05) is 0 Å². The average molecular weight is 268 g/mol. The van der Waals surface area contributed by atoms with E-state index in [1.165, 1.54) is 68.2 Å². The van der Waals surface area contributed by atoms with E-state index in [-0.39, 0.29) is 0 Å². The number of likely N-dealkylation sites (tertiary alicyclic amines) is 1. The Bertz CT molecular complexity index is 620. The second-order valence-corrected chi connectivity index (χ2v) is 6.43. The SMILES string of the molecule is Cc1c2n(c3ccccc13)CCCC2N1CCCCC1. The second kappa shape index (κ2) is 4.92. The van der Waals surface area contributed by atoms with Gasteiger partial charge in [0.1, 0.15) is 0 Å². The maximum Gasteiger partial charge on any atom is 0.0504 e. The van der Waals surface area contributed by atoms with Crippen molar-refractivity contribution in [3.8, 4) is 0 Å². The van der Waals surface area contributed by atoms with Crippen molar-refractivity contribution >= 4 is 10.9 Å². The summed E-state index contributed by atoms with van der Waals surface area (Å²) >= 11 is 0. The smallest absolute Gasteiger partial charge is 0.0504 e. The quantitative estimate of drug-likeness (QED) is 0.750. The lowest BCUT2D eigenvalue weighted by atomic mass is 9.96. The summed E-state index contributed by atoms with van der Waals surface area (Å²) in [5.74, 6) is 0. The molecular weight excluding hydrogens is 244 g/mol. The molecule has 3 heterocycles. The van der Waals surface area contributed by atoms with Gasteiger partial charge in [0.25, 0.3) is 0 Å². The Hall–Kier alpha value is -1.28. The monoisotopic (exact) mass is 268 g/mol. The molecule has 1 atom stereocenters. The third-order valence-electron chi connectivity index (χ3n) is 5.28. The molecule has 0 spiro atoms. The lowest BCUT2D eigenvalue weighted by Gasteiger charge is -2.38. The van der Waals surface area contributed by atoms with Gasteiger partial charge in [-0.05, 0) is 57.3 Å². The first-order valence-electron chi connectivity index (χ1n) is 8.18. The number of aryl methyl sites for hydroxylation is 2. The predicted octanol–water partition coefficient (Wildman–Crippen LogP) is 4.27. The zero-order valence-corrected chi connectivity index (χ0v) is 12.4. The summed E-state index contributed by atoms with van der Waals surface area (Å²) in [7, 11) is 0. The molecule has 106 valence electrons. The van der Waals surface area contributed by atoms with E-state index >= 15 is 0 Å². The molecule has 1 aromatic carbocycles. The molecule has 0 N–H and O–H groups in total. The molecule has 2 aromatic rings. The van der Waals surface area contributed by atoms with Gasteiger partial charge in [-0.25, -0.2) is 0 Å². The molecule has 0 aliphatic carbocycles. The third kappa shape index (κ3) is 1.81. The summed E-state index contributed by atoms with van der Waals surface area (Å²) in [4.78, 5) is 2.75. The van der Waals surface area contributed by atoms with Gasteiger partial charge in [0.05, 0.1) is 6.04 Å². The van der Waals surface area contributed by atoms with Crippen molar-refractivity contribution in [3.63, 3.8) is 0 Å². The van der Waals surface area contributed by atoms with E-state index in [9.17, 15) is 0 Å². The first kappa shape index (κ1) is 12.5. The van der Waals surface area contributed by atoms with Crippen LogP contribution < -0.4 is 0 Å². The topological polar surface area (TPSA) is 8.17 Å². The van der Waals surface area contributed by atoms with Crippen LogP contribution in [0.3, 0.4) is 0 Å². The Morgan fingerprint density at radius 1 is 0.950 bits per heavy atom. The molecule has 20 heavy (non-hydrogen) atoms. The van der Waals surface area contributed by atoms with Crippen LogP contribution in [-0.4, -0.2) is 22.6 Å². The van der Waals surface area contributed by atoms with E-state index in [4.69, 9.17) is 0 Å². The molecule has 2 aliphatic heterocycles. The van der Waals surface area contributed by atoms with Gasteiger partial charge in [0.2, 0.25) is 0 Å². The molecule has 0 amide bonds. The minimum absolute atomic E-state index is 0.663. The van der Waals surface area contributed by atoms with Crippen molar-refractivity contribution < 1.29 is 0 Å². The summed E-state index contributed by atoms with van der Waals surface area (Å²) in [5.41, 5.74) is 4.58. The molecule has 1 fully saturated rings. The molecule has 0 bridgehead atoms. The van der Waals surface area contributed by atoms with Crippen LogP contribution in [0.2, 0.25) is 0 Å². The van der Waals surface area contributed by atoms with Gasteiger partial charge >= 0.3 is 0 Å². The number of nitrogens with zero attached hydrogens (tertiary/aromatic N) is 2. The van der Waals surface area contributed by atoms with Gasteiger partial charge in [0, 0.05) is 23.1 Å². The Morgan fingerprint density at radius 3 is 2.60 bits per heavy atom. The Balaban J connectivity index is 1.83. The third-order valence-corrected chi connectivity index (χ3v) is 5.28. The fraction of sp³-hybridized carbons (Fsp3) is 0.556. The summed E-state index contributed by atoms with van der Waals surface area (Å²) in [6.07, 6.45) is 6.86. The molecule has 1 saturated heterocycles. The zero-order valence-electron chi connectivity index (χ0n) is 12.4. The first-order chi connectivity index (χ1) is 9.86. The van der Waals surface area contributed by atoms with Crippen molar-refractivity contribution in [3.05, 3.63) is 35.5 Å². The number of rotatable bonds is 1. The highest BCUT2D eigenvalue weighted by atomic mass is 15.2. The van der Waals surface area contributed by atoms with Gasteiger partial charge in [-0.15, -0.1) is 0 Å². The van der Waals surface area contributed by atoms with Crippen LogP contribution in [-0.2, 0) is 6.54 Å². The number of fused-ring (bicyclic) bond motifs is 3. The summed E-state index contributed by atoms with van der Waals surface area (Å²) in [6, 6.07) is 9.61. The van der Waals surface area contributed by atoms with Crippen LogP contribution in [0.1, 0.15) is 49.4 Å². The highest BCUT2D eigenvalue weighted by Gasteiger charge is 2.30. The molecule has 4 rings (SSSR count). The normalized spacial score (nSPS) is 23.9. The van der Waals surface area contributed by atoms with Crippen LogP contribution in [0, 0.1) is 6.92 Å². The highest BCUT2D eigenvalue weighted by molar-refractivity contribution is 5.85. The fourth-order valence-electron chi connectivity index (χ4n) is 4.33. The molecule has 0 radical (unpaired) electrons. The predicted molar refractivity (Wildman–Crippen MR) is 84.1 cm³/mol. The molecule has 1 unspecified atom stereocenters. The fourth-order valence-corrected chi connectivity index (χ4v) is 4.33. The van der Waals surface area contributed by atoms with Crippen LogP contribution in [0.25, 0.3) is 10.9 Å². The van der Waals surface area contributed by atoms with Gasteiger partial charge in [-0.1, -0.05) is 24.6 Å². The Morgan fingerprint density at radius 2 is 1.75 bits per heavy atom. The van der Waals surface area contributed by atoms with E-state index in [0.29, 0.717) is 6.04 Å². The van der Waals surface area contributed by atoms with Crippen LogP contribution in [0.4, 0.5) is 0 Å². The average Bonchev–Trinajstić information content (AvgIpc) is 2.82. The molecular formula is C18H24N2. The summed E-state index contributed by atoms with van der Waals surface area (Å²) in [5, 5.41) is 1.46. The zero-order chi connectivity index (χ0) is 13.5. The van der Waals surface area contributed by atoms with Crippen molar-refractivity contribution in [2.24, 2.45) is 0 Å². The van der Waals surface area contributed by atoms with Gasteiger partial charge in [-0.2, -0.15) is 0 Å². The number of hydrogen-bond donors (Lipinski definition) is 0. The number of aromatic nitrogens is 1. The molecule has 0 saturated carbocycles. The van der Waals surface area contributed by atoms with Crippen molar-refractivity contribution in [2.45, 2.75) is 51.6 Å². The lowest BCUT2D eigenvalue weighted by Crippen LogP contribution is -2.36. The Labute approximate surface area is 121 Å². The van der Waals surface area contributed by atoms with Crippen LogP contribution >= 0.6 is 0 Å². The summed E-state index contributed by atoms with van der Waals surface area (Å²) in [6.45, 7) is 6.13. The van der Waals surface area contributed by atoms with E-state index in [1.54, 1.807) is 5.69 Å². The number of para-hydroxylation sites is 1. The molecule has 2 nitrogen and oxygen atoms in total. The van der Waals surface area contributed by atoms with Crippen LogP contribution in [0.15, 0.2) is 24.3 Å². The Kier molecular flexibility index (Phi) is 3.07. The summed E-state index contributed by atoms with van der Waals surface area (Å²) < 4.78 is 2.60. The van der Waals surface area contributed by atoms with Crippen LogP contribution in [0.5, 0.6) is 0 Å². The first-order valence-corrected chi connectivity index (χ1v) is 8.18. The van der Waals surface area contributed by atoms with Crippen molar-refractivity contribution in [1.82, 2.24) is 9.47 Å². The number of hydrogen-bond acceptors (Lipinski definition) is 1. The second-order valence-electron chi connectivity index (χ2n) is 6.43. The maximum atomic E-state index is 2.75. The van der Waals surface area contributed by atoms with E-state index in [0.717, 1.165) is 0 Å². The largest absolute Gasteiger partial charge is 0.343 e. The van der Waals surface area contributed by atoms with E-state index < -0.39 is 0 Å². The molecule has 2 heteroatoms. The molecule has 1 aromatic heterocycles. The highest BCUT2D eigenvalue weighted by Crippen LogP contribution is 2.39. The van der Waals surface area contributed by atoms with Crippen molar-refractivity contribution in [1.29, 1.82) is 0 Å². The number of benzene rings is 1. The van der Waals surface area contributed by atoms with Gasteiger partial charge < -0.3 is 4.57 Å². The number of piperidine rings is 1. The van der Waals surface area contributed by atoms with Gasteiger partial charge in [-0.3, -0.25) is 4.90 Å². The maximum absolute atomic E-state index is 2.75.